The number of hydrogen-bond acceptors (Lipinski definition) is 6. The summed E-state index contributed by atoms with van der Waals surface area (Å²) in [5, 5.41) is 2.78. The molecule has 3 heterocycles. The van der Waals surface area contributed by atoms with E-state index in [0.29, 0.717) is 24.5 Å². The van der Waals surface area contributed by atoms with E-state index in [4.69, 9.17) is 16.3 Å². The minimum Gasteiger partial charge on any atom is -0.370 e. The molecule has 1 saturated heterocycles. The van der Waals surface area contributed by atoms with Crippen LogP contribution in [-0.4, -0.2) is 57.9 Å². The quantitative estimate of drug-likeness (QED) is 0.621. The van der Waals surface area contributed by atoms with Crippen molar-refractivity contribution in [3.05, 3.63) is 53.6 Å². The highest BCUT2D eigenvalue weighted by molar-refractivity contribution is 6.29. The van der Waals surface area contributed by atoms with Crippen LogP contribution < -0.4 is 5.32 Å². The van der Waals surface area contributed by atoms with E-state index >= 15 is 0 Å². The van der Waals surface area contributed by atoms with Gasteiger partial charge in [0.2, 0.25) is 5.91 Å². The first-order valence-electron chi connectivity index (χ1n) is 8.71. The second-order valence-electron chi connectivity index (χ2n) is 6.24. The number of nitrogens with one attached hydrogen (secondary N) is 1. The summed E-state index contributed by atoms with van der Waals surface area (Å²) in [4.78, 5) is 38.1. The molecule has 2 aromatic heterocycles. The van der Waals surface area contributed by atoms with E-state index in [0.717, 1.165) is 5.56 Å². The molecule has 0 bridgehead atoms. The maximum Gasteiger partial charge on any atom is 0.269 e. The number of ether oxygens (including phenoxy) is 1. The summed E-state index contributed by atoms with van der Waals surface area (Å²) in [5.41, 5.74) is 1.93. The topological polar surface area (TPSA) is 97.3 Å². The van der Waals surface area contributed by atoms with Crippen molar-refractivity contribution in [2.24, 2.45) is 0 Å². The van der Waals surface area contributed by atoms with Gasteiger partial charge in [-0.1, -0.05) is 18.2 Å². The summed E-state index contributed by atoms with van der Waals surface area (Å²) >= 11 is 6.24. The van der Waals surface area contributed by atoms with Gasteiger partial charge in [0.25, 0.3) is 5.91 Å². The molecule has 0 radical (unpaired) electrons. The number of pyridine rings is 1. The monoisotopic (exact) mass is 401 g/mol. The van der Waals surface area contributed by atoms with Gasteiger partial charge in [-0.05, 0) is 36.8 Å². The Morgan fingerprint density at radius 2 is 2.11 bits per heavy atom. The molecule has 1 fully saturated rings. The summed E-state index contributed by atoms with van der Waals surface area (Å²) in [6.45, 7) is 6.36. The number of nitrogens with zero attached hydrogens (tertiary/aromatic N) is 4. The first-order valence-corrected chi connectivity index (χ1v) is 9.09. The Balaban J connectivity index is 1.97. The van der Waals surface area contributed by atoms with E-state index in [1.807, 2.05) is 6.92 Å². The Kier molecular flexibility index (Phi) is 6.01. The van der Waals surface area contributed by atoms with Crippen molar-refractivity contribution < 1.29 is 14.3 Å². The van der Waals surface area contributed by atoms with Crippen molar-refractivity contribution in [2.45, 2.75) is 19.1 Å². The van der Waals surface area contributed by atoms with Crippen molar-refractivity contribution >= 4 is 23.4 Å². The maximum atomic E-state index is 12.1. The smallest absolute Gasteiger partial charge is 0.269 e. The van der Waals surface area contributed by atoms with E-state index < -0.39 is 0 Å². The molecular weight excluding hydrogens is 382 g/mol. The highest BCUT2D eigenvalue weighted by Crippen LogP contribution is 2.32. The average Bonchev–Trinajstić information content (AvgIpc) is 2.72. The van der Waals surface area contributed by atoms with E-state index in [2.05, 4.69) is 26.8 Å². The van der Waals surface area contributed by atoms with Crippen molar-refractivity contribution in [3.8, 4) is 11.4 Å². The zero-order valence-electron chi connectivity index (χ0n) is 15.6. The molecule has 1 aliphatic heterocycles. The van der Waals surface area contributed by atoms with Gasteiger partial charge in [0, 0.05) is 13.6 Å². The molecule has 28 heavy (non-hydrogen) atoms. The lowest BCUT2D eigenvalue weighted by molar-refractivity contribution is -0.140. The van der Waals surface area contributed by atoms with Crippen LogP contribution in [0.5, 0.6) is 0 Å². The van der Waals surface area contributed by atoms with Gasteiger partial charge < -0.3 is 15.0 Å². The van der Waals surface area contributed by atoms with Gasteiger partial charge in [-0.15, -0.1) is 0 Å². The molecule has 0 spiro atoms. The van der Waals surface area contributed by atoms with Crippen LogP contribution in [0.3, 0.4) is 0 Å². The van der Waals surface area contributed by atoms with E-state index in [9.17, 15) is 9.59 Å². The fraction of sp³-hybridized carbons (Fsp3) is 0.316. The molecule has 2 aromatic rings. The van der Waals surface area contributed by atoms with E-state index in [1.54, 1.807) is 23.1 Å². The zero-order chi connectivity index (χ0) is 20.3. The van der Waals surface area contributed by atoms with Crippen molar-refractivity contribution in [1.29, 1.82) is 0 Å². The molecule has 9 heteroatoms. The second kappa shape index (κ2) is 8.45. The number of hydrogen-bond donors (Lipinski definition) is 1. The Morgan fingerprint density at radius 3 is 2.82 bits per heavy atom. The third kappa shape index (κ3) is 4.02. The van der Waals surface area contributed by atoms with Crippen molar-refractivity contribution in [3.63, 3.8) is 0 Å². The van der Waals surface area contributed by atoms with Crippen molar-refractivity contribution in [2.75, 3.05) is 20.2 Å². The largest absolute Gasteiger partial charge is 0.370 e. The number of carbonyl (C=O) groups excluding carboxylic acids is 2. The predicted octanol–water partition coefficient (Wildman–Crippen LogP) is 2.03. The van der Waals surface area contributed by atoms with Gasteiger partial charge in [0.05, 0.1) is 24.0 Å². The minimum absolute atomic E-state index is 0.146. The van der Waals surface area contributed by atoms with Gasteiger partial charge in [-0.25, -0.2) is 15.0 Å². The van der Waals surface area contributed by atoms with Crippen LogP contribution in [0, 0.1) is 0 Å². The van der Waals surface area contributed by atoms with Gasteiger partial charge in [-0.3, -0.25) is 9.59 Å². The highest BCUT2D eigenvalue weighted by atomic mass is 35.5. The van der Waals surface area contributed by atoms with Crippen molar-refractivity contribution in [1.82, 2.24) is 25.2 Å². The summed E-state index contributed by atoms with van der Waals surface area (Å²) in [7, 11) is 1.53. The second-order valence-corrected chi connectivity index (χ2v) is 6.63. The fourth-order valence-electron chi connectivity index (χ4n) is 3.15. The Hall–Kier alpha value is -2.84. The van der Waals surface area contributed by atoms with Gasteiger partial charge in [0.15, 0.2) is 0 Å². The first-order chi connectivity index (χ1) is 13.4. The first kappa shape index (κ1) is 19.9. The standard InChI is InChI=1S/C19H20ClN5O3/c1-4-17(26)25-5-6-28-18(11(25)2)12-7-14(24-16(20)8-12)13-9-15(19(27)21-3)23-10-22-13/h4,7-11,18H,1,5-6H2,2-3H3,(H,21,27)/t11-,18+/m0/s1. The van der Waals surface area contributed by atoms with Crippen LogP contribution in [0.25, 0.3) is 11.4 Å². The summed E-state index contributed by atoms with van der Waals surface area (Å²) in [5.74, 6) is -0.471. The number of amides is 2. The fourth-order valence-corrected chi connectivity index (χ4v) is 3.37. The molecule has 1 N–H and O–H groups in total. The zero-order valence-corrected chi connectivity index (χ0v) is 16.3. The minimum atomic E-state index is -0.378. The molecule has 0 saturated carbocycles. The molecule has 0 aliphatic carbocycles. The van der Waals surface area contributed by atoms with Crippen LogP contribution in [-0.2, 0) is 9.53 Å². The van der Waals surface area contributed by atoms with Crippen LogP contribution in [0.2, 0.25) is 5.15 Å². The summed E-state index contributed by atoms with van der Waals surface area (Å²) in [6, 6.07) is 4.83. The normalized spacial score (nSPS) is 19.2. The molecule has 2 amide bonds. The molecule has 0 unspecified atom stereocenters. The number of morpholine rings is 1. The van der Waals surface area contributed by atoms with Crippen LogP contribution in [0.15, 0.2) is 37.2 Å². The Morgan fingerprint density at radius 1 is 1.32 bits per heavy atom. The number of carbonyl (C=O) groups is 2. The maximum absolute atomic E-state index is 12.1. The predicted molar refractivity (Wildman–Crippen MR) is 104 cm³/mol. The van der Waals surface area contributed by atoms with Crippen LogP contribution in [0.1, 0.15) is 29.1 Å². The summed E-state index contributed by atoms with van der Waals surface area (Å²) in [6.07, 6.45) is 2.22. The third-order valence-corrected chi connectivity index (χ3v) is 4.74. The van der Waals surface area contributed by atoms with Crippen LogP contribution >= 0.6 is 11.6 Å². The van der Waals surface area contributed by atoms with Gasteiger partial charge in [0.1, 0.15) is 23.3 Å². The molecule has 3 rings (SSSR count). The van der Waals surface area contributed by atoms with Gasteiger partial charge in [-0.2, -0.15) is 0 Å². The van der Waals surface area contributed by atoms with Crippen LogP contribution in [0.4, 0.5) is 0 Å². The lowest BCUT2D eigenvalue weighted by Gasteiger charge is -2.39. The molecular formula is C19H20ClN5O3. The van der Waals surface area contributed by atoms with Gasteiger partial charge >= 0.3 is 0 Å². The summed E-state index contributed by atoms with van der Waals surface area (Å²) < 4.78 is 5.91. The molecule has 146 valence electrons. The lowest BCUT2D eigenvalue weighted by Crippen LogP contribution is -2.48. The number of rotatable bonds is 4. The average molecular weight is 402 g/mol. The van der Waals surface area contributed by atoms with E-state index in [-0.39, 0.29) is 34.8 Å². The Labute approximate surface area is 167 Å². The Bertz CT molecular complexity index is 920. The molecule has 0 aromatic carbocycles. The third-order valence-electron chi connectivity index (χ3n) is 4.55. The van der Waals surface area contributed by atoms with E-state index in [1.165, 1.54) is 19.5 Å². The molecule has 2 atom stereocenters. The number of aromatic nitrogens is 3. The SMILES string of the molecule is C=CC(=O)N1CCO[C@@H](c2cc(Cl)nc(-c3cc(C(=O)NC)ncn3)c2)[C@@H]1C. The highest BCUT2D eigenvalue weighted by Gasteiger charge is 2.32. The molecule has 8 nitrogen and oxygen atoms in total. The lowest BCUT2D eigenvalue weighted by atomic mass is 10.00. The number of halogens is 1. The molecule has 1 aliphatic rings.